The molecular formula is C19H18N2O2. The predicted octanol–water partition coefficient (Wildman–Crippen LogP) is 4.13. The minimum absolute atomic E-state index is 0.186. The summed E-state index contributed by atoms with van der Waals surface area (Å²) >= 11 is 0. The highest BCUT2D eigenvalue weighted by atomic mass is 16.5. The standard InChI is InChI=1S/C19H18N2O2/c1-2-23-18-12-6-3-9-15(18)19(22)20-16-10-4-5-11-17(16)21-13-7-8-14-21/h3-14H,2H2,1H3,(H,20,22). The number of carbonyl (C=O) groups is 1. The summed E-state index contributed by atoms with van der Waals surface area (Å²) in [4.78, 5) is 12.6. The number of nitrogens with zero attached hydrogens (tertiary/aromatic N) is 1. The number of anilines is 1. The second-order valence-corrected chi connectivity index (χ2v) is 4.99. The minimum Gasteiger partial charge on any atom is -0.493 e. The molecule has 0 bridgehead atoms. The van der Waals surface area contributed by atoms with E-state index in [1.165, 1.54) is 0 Å². The lowest BCUT2D eigenvalue weighted by Gasteiger charge is -2.14. The van der Waals surface area contributed by atoms with Gasteiger partial charge in [0, 0.05) is 12.4 Å². The van der Waals surface area contributed by atoms with Crippen molar-refractivity contribution >= 4 is 11.6 Å². The highest BCUT2D eigenvalue weighted by Gasteiger charge is 2.14. The maximum Gasteiger partial charge on any atom is 0.259 e. The molecule has 0 fully saturated rings. The molecule has 2 aromatic carbocycles. The van der Waals surface area contributed by atoms with Gasteiger partial charge in [0.1, 0.15) is 5.75 Å². The van der Waals surface area contributed by atoms with Gasteiger partial charge in [0.2, 0.25) is 0 Å². The fraction of sp³-hybridized carbons (Fsp3) is 0.105. The largest absolute Gasteiger partial charge is 0.493 e. The average molecular weight is 306 g/mol. The highest BCUT2D eigenvalue weighted by molar-refractivity contribution is 6.07. The van der Waals surface area contributed by atoms with Gasteiger partial charge in [-0.15, -0.1) is 0 Å². The lowest BCUT2D eigenvalue weighted by molar-refractivity contribution is 0.102. The summed E-state index contributed by atoms with van der Waals surface area (Å²) in [5.74, 6) is 0.402. The molecule has 1 N–H and O–H groups in total. The SMILES string of the molecule is CCOc1ccccc1C(=O)Nc1ccccc1-n1cccc1. The summed E-state index contributed by atoms with van der Waals surface area (Å²) < 4.78 is 7.49. The number of amides is 1. The Balaban J connectivity index is 1.90. The molecule has 4 nitrogen and oxygen atoms in total. The molecule has 3 aromatic rings. The molecule has 0 unspecified atom stereocenters. The Hall–Kier alpha value is -3.01. The molecule has 0 atom stereocenters. The van der Waals surface area contributed by atoms with Crippen LogP contribution >= 0.6 is 0 Å². The topological polar surface area (TPSA) is 43.3 Å². The van der Waals surface area contributed by atoms with Gasteiger partial charge >= 0.3 is 0 Å². The Morgan fingerprint density at radius 3 is 2.48 bits per heavy atom. The highest BCUT2D eigenvalue weighted by Crippen LogP contribution is 2.23. The summed E-state index contributed by atoms with van der Waals surface area (Å²) in [6.07, 6.45) is 3.89. The van der Waals surface area contributed by atoms with Crippen LogP contribution in [0.4, 0.5) is 5.69 Å². The van der Waals surface area contributed by atoms with Crippen molar-refractivity contribution in [2.75, 3.05) is 11.9 Å². The minimum atomic E-state index is -0.186. The van der Waals surface area contributed by atoms with Crippen molar-refractivity contribution in [3.8, 4) is 11.4 Å². The molecule has 1 heterocycles. The monoisotopic (exact) mass is 306 g/mol. The fourth-order valence-electron chi connectivity index (χ4n) is 2.42. The summed E-state index contributed by atoms with van der Waals surface area (Å²) in [6.45, 7) is 2.42. The molecule has 0 aliphatic rings. The Labute approximate surface area is 135 Å². The van der Waals surface area contributed by atoms with E-state index in [1.54, 1.807) is 12.1 Å². The lowest BCUT2D eigenvalue weighted by atomic mass is 10.1. The molecular weight excluding hydrogens is 288 g/mol. The maximum atomic E-state index is 12.6. The van der Waals surface area contributed by atoms with Gasteiger partial charge in [-0.1, -0.05) is 24.3 Å². The zero-order valence-electron chi connectivity index (χ0n) is 12.9. The first kappa shape index (κ1) is 14.9. The normalized spacial score (nSPS) is 10.3. The van der Waals surface area contributed by atoms with E-state index in [2.05, 4.69) is 5.32 Å². The van der Waals surface area contributed by atoms with Crippen molar-refractivity contribution in [1.82, 2.24) is 4.57 Å². The zero-order valence-corrected chi connectivity index (χ0v) is 12.9. The fourth-order valence-corrected chi connectivity index (χ4v) is 2.42. The van der Waals surface area contributed by atoms with E-state index in [0.29, 0.717) is 17.9 Å². The van der Waals surface area contributed by atoms with E-state index >= 15 is 0 Å². The van der Waals surface area contributed by atoms with Crippen LogP contribution in [0.25, 0.3) is 5.69 Å². The summed E-state index contributed by atoms with van der Waals surface area (Å²) in [6, 6.07) is 18.8. The molecule has 3 rings (SSSR count). The molecule has 4 heteroatoms. The number of nitrogens with one attached hydrogen (secondary N) is 1. The van der Waals surface area contributed by atoms with E-state index in [1.807, 2.05) is 72.4 Å². The Kier molecular flexibility index (Phi) is 4.43. The third-order valence-electron chi connectivity index (χ3n) is 3.47. The van der Waals surface area contributed by atoms with Gasteiger partial charge in [-0.25, -0.2) is 0 Å². The summed E-state index contributed by atoms with van der Waals surface area (Å²) in [5, 5.41) is 2.97. The third kappa shape index (κ3) is 3.26. The molecule has 0 aliphatic carbocycles. The molecule has 0 saturated heterocycles. The third-order valence-corrected chi connectivity index (χ3v) is 3.47. The smallest absolute Gasteiger partial charge is 0.259 e. The molecule has 0 saturated carbocycles. The van der Waals surface area contributed by atoms with Crippen LogP contribution in [0.3, 0.4) is 0 Å². The Bertz CT molecular complexity index is 795. The van der Waals surface area contributed by atoms with Crippen molar-refractivity contribution in [2.45, 2.75) is 6.92 Å². The van der Waals surface area contributed by atoms with Crippen molar-refractivity contribution in [1.29, 1.82) is 0 Å². The van der Waals surface area contributed by atoms with Crippen molar-refractivity contribution in [3.05, 3.63) is 78.6 Å². The van der Waals surface area contributed by atoms with E-state index in [9.17, 15) is 4.79 Å². The lowest BCUT2D eigenvalue weighted by Crippen LogP contribution is -2.15. The van der Waals surface area contributed by atoms with E-state index in [-0.39, 0.29) is 5.91 Å². The predicted molar refractivity (Wildman–Crippen MR) is 91.3 cm³/mol. The molecule has 0 radical (unpaired) electrons. The second kappa shape index (κ2) is 6.83. The number of ether oxygens (including phenoxy) is 1. The number of hydrogen-bond donors (Lipinski definition) is 1. The van der Waals surface area contributed by atoms with Gasteiger partial charge in [-0.2, -0.15) is 0 Å². The number of rotatable bonds is 5. The molecule has 0 spiro atoms. The van der Waals surface area contributed by atoms with Crippen molar-refractivity contribution in [3.63, 3.8) is 0 Å². The number of aromatic nitrogens is 1. The first-order chi connectivity index (χ1) is 11.3. The second-order valence-electron chi connectivity index (χ2n) is 4.99. The zero-order chi connectivity index (χ0) is 16.1. The number of carbonyl (C=O) groups excluding carboxylic acids is 1. The van der Waals surface area contributed by atoms with Crippen LogP contribution in [0.2, 0.25) is 0 Å². The molecule has 0 aliphatic heterocycles. The van der Waals surface area contributed by atoms with Gasteiger partial charge in [-0.05, 0) is 43.3 Å². The molecule has 23 heavy (non-hydrogen) atoms. The van der Waals surface area contributed by atoms with Gasteiger partial charge in [0.05, 0.1) is 23.5 Å². The van der Waals surface area contributed by atoms with Gasteiger partial charge < -0.3 is 14.6 Å². The van der Waals surface area contributed by atoms with Crippen LogP contribution in [0.5, 0.6) is 5.75 Å². The van der Waals surface area contributed by atoms with Crippen LogP contribution in [-0.2, 0) is 0 Å². The number of hydrogen-bond acceptors (Lipinski definition) is 2. The van der Waals surface area contributed by atoms with Gasteiger partial charge in [0.25, 0.3) is 5.91 Å². The van der Waals surface area contributed by atoms with Gasteiger partial charge in [0.15, 0.2) is 0 Å². The van der Waals surface area contributed by atoms with E-state index < -0.39 is 0 Å². The van der Waals surface area contributed by atoms with Crippen LogP contribution in [0.15, 0.2) is 73.1 Å². The first-order valence-corrected chi connectivity index (χ1v) is 7.55. The van der Waals surface area contributed by atoms with Gasteiger partial charge in [-0.3, -0.25) is 4.79 Å². The van der Waals surface area contributed by atoms with E-state index in [0.717, 1.165) is 11.4 Å². The number of benzene rings is 2. The maximum absolute atomic E-state index is 12.6. The van der Waals surface area contributed by atoms with Crippen molar-refractivity contribution < 1.29 is 9.53 Å². The van der Waals surface area contributed by atoms with Crippen LogP contribution in [0.1, 0.15) is 17.3 Å². The van der Waals surface area contributed by atoms with Crippen LogP contribution in [-0.4, -0.2) is 17.1 Å². The summed E-state index contributed by atoms with van der Waals surface area (Å²) in [7, 11) is 0. The Morgan fingerprint density at radius 2 is 1.70 bits per heavy atom. The average Bonchev–Trinajstić information content (AvgIpc) is 3.10. The molecule has 1 amide bonds. The molecule has 116 valence electrons. The first-order valence-electron chi connectivity index (χ1n) is 7.55. The van der Waals surface area contributed by atoms with Crippen LogP contribution < -0.4 is 10.1 Å². The Morgan fingerprint density at radius 1 is 1.00 bits per heavy atom. The molecule has 1 aromatic heterocycles. The quantitative estimate of drug-likeness (QED) is 0.770. The van der Waals surface area contributed by atoms with Crippen molar-refractivity contribution in [2.24, 2.45) is 0 Å². The van der Waals surface area contributed by atoms with E-state index in [4.69, 9.17) is 4.74 Å². The summed E-state index contributed by atoms with van der Waals surface area (Å²) in [5.41, 5.74) is 2.19. The van der Waals surface area contributed by atoms with Crippen LogP contribution in [0, 0.1) is 0 Å². The number of para-hydroxylation sites is 3.